The molecule has 0 aliphatic carbocycles. The van der Waals surface area contributed by atoms with Crippen LogP contribution in [0.15, 0.2) is 36.9 Å². The van der Waals surface area contributed by atoms with Gasteiger partial charge in [0.1, 0.15) is 12.7 Å². The fraction of sp³-hybridized carbons (Fsp3) is 0.333. The zero-order valence-electron chi connectivity index (χ0n) is 12.1. The molecule has 0 bridgehead atoms. The summed E-state index contributed by atoms with van der Waals surface area (Å²) in [5.74, 6) is -1.02. The largest absolute Gasteiger partial charge is 0.481 e. The van der Waals surface area contributed by atoms with Crippen LogP contribution in [0.3, 0.4) is 0 Å². The highest BCUT2D eigenvalue weighted by Crippen LogP contribution is 2.31. The Morgan fingerprint density at radius 1 is 1.36 bits per heavy atom. The molecule has 1 aromatic carbocycles. The summed E-state index contributed by atoms with van der Waals surface area (Å²) in [5.41, 5.74) is 0.394. The molecular weight excluding hydrogens is 284 g/mol. The van der Waals surface area contributed by atoms with Crippen molar-refractivity contribution in [3.63, 3.8) is 0 Å². The van der Waals surface area contributed by atoms with Crippen molar-refractivity contribution < 1.29 is 14.7 Å². The van der Waals surface area contributed by atoms with Gasteiger partial charge < -0.3 is 10.0 Å². The number of likely N-dealkylation sites (tertiary alicyclic amines) is 1. The van der Waals surface area contributed by atoms with Crippen molar-refractivity contribution >= 4 is 11.9 Å². The van der Waals surface area contributed by atoms with E-state index < -0.39 is 11.4 Å². The summed E-state index contributed by atoms with van der Waals surface area (Å²) in [6.07, 6.45) is 3.45. The van der Waals surface area contributed by atoms with Crippen molar-refractivity contribution in [1.82, 2.24) is 19.7 Å². The van der Waals surface area contributed by atoms with Gasteiger partial charge in [0.2, 0.25) is 0 Å². The molecule has 114 valence electrons. The minimum atomic E-state index is -0.862. The lowest BCUT2D eigenvalue weighted by Crippen LogP contribution is -2.34. The Labute approximate surface area is 127 Å². The van der Waals surface area contributed by atoms with E-state index in [1.54, 1.807) is 41.0 Å². The number of carbonyl (C=O) groups excluding carboxylic acids is 1. The van der Waals surface area contributed by atoms with E-state index in [-0.39, 0.29) is 12.5 Å². The van der Waals surface area contributed by atoms with E-state index in [2.05, 4.69) is 10.1 Å². The van der Waals surface area contributed by atoms with Gasteiger partial charge in [-0.2, -0.15) is 5.10 Å². The molecule has 0 saturated carbocycles. The number of amides is 1. The first-order chi connectivity index (χ1) is 10.5. The second-order valence-corrected chi connectivity index (χ2v) is 5.73. The topological polar surface area (TPSA) is 88.3 Å². The Hall–Kier alpha value is -2.70. The molecule has 0 radical (unpaired) electrons. The van der Waals surface area contributed by atoms with Crippen molar-refractivity contribution in [1.29, 1.82) is 0 Å². The monoisotopic (exact) mass is 300 g/mol. The Morgan fingerprint density at radius 2 is 2.18 bits per heavy atom. The van der Waals surface area contributed by atoms with Gasteiger partial charge in [0.05, 0.1) is 11.1 Å². The summed E-state index contributed by atoms with van der Waals surface area (Å²) < 4.78 is 1.57. The normalized spacial score (nSPS) is 21.0. The first-order valence-electron chi connectivity index (χ1n) is 6.97. The summed E-state index contributed by atoms with van der Waals surface area (Å²) >= 11 is 0. The lowest BCUT2D eigenvalue weighted by Gasteiger charge is -2.20. The highest BCUT2D eigenvalue weighted by molar-refractivity contribution is 5.95. The number of hydrogen-bond acceptors (Lipinski definition) is 4. The average molecular weight is 300 g/mol. The number of carbonyl (C=O) groups is 2. The number of aliphatic carboxylic acids is 1. The van der Waals surface area contributed by atoms with E-state index >= 15 is 0 Å². The third-order valence-electron chi connectivity index (χ3n) is 4.05. The quantitative estimate of drug-likeness (QED) is 0.920. The smallest absolute Gasteiger partial charge is 0.311 e. The third-order valence-corrected chi connectivity index (χ3v) is 4.05. The molecule has 1 unspecified atom stereocenters. The number of aromatic nitrogens is 3. The van der Waals surface area contributed by atoms with Crippen LogP contribution in [0.2, 0.25) is 0 Å². The van der Waals surface area contributed by atoms with Gasteiger partial charge in [-0.1, -0.05) is 6.07 Å². The number of rotatable bonds is 3. The fourth-order valence-electron chi connectivity index (χ4n) is 2.61. The van der Waals surface area contributed by atoms with Crippen molar-refractivity contribution in [2.45, 2.75) is 13.3 Å². The van der Waals surface area contributed by atoms with E-state index in [1.165, 1.54) is 6.33 Å². The molecule has 1 aliphatic rings. The number of carboxylic acids is 1. The van der Waals surface area contributed by atoms with Crippen molar-refractivity contribution in [3.05, 3.63) is 42.5 Å². The zero-order valence-corrected chi connectivity index (χ0v) is 12.1. The molecule has 22 heavy (non-hydrogen) atoms. The minimum Gasteiger partial charge on any atom is -0.481 e. The molecule has 0 spiro atoms. The summed E-state index contributed by atoms with van der Waals surface area (Å²) in [6, 6.07) is 7.06. The van der Waals surface area contributed by atoms with Crippen molar-refractivity contribution in [2.75, 3.05) is 13.1 Å². The first kappa shape index (κ1) is 14.2. The number of nitrogens with zero attached hydrogens (tertiary/aromatic N) is 4. The molecular formula is C15H16N4O3. The Bertz CT molecular complexity index is 713. The molecule has 1 aromatic heterocycles. The maximum Gasteiger partial charge on any atom is 0.311 e. The molecule has 1 aliphatic heterocycles. The second kappa shape index (κ2) is 5.25. The average Bonchev–Trinajstić information content (AvgIpc) is 3.17. The van der Waals surface area contributed by atoms with E-state index in [0.717, 1.165) is 5.69 Å². The maximum atomic E-state index is 12.6. The van der Waals surface area contributed by atoms with Gasteiger partial charge in [0.25, 0.3) is 5.91 Å². The van der Waals surface area contributed by atoms with Crippen LogP contribution in [0, 0.1) is 5.41 Å². The summed E-state index contributed by atoms with van der Waals surface area (Å²) in [4.78, 5) is 29.3. The van der Waals surface area contributed by atoms with Crippen molar-refractivity contribution in [2.24, 2.45) is 5.41 Å². The summed E-state index contributed by atoms with van der Waals surface area (Å²) in [5, 5.41) is 13.3. The zero-order chi connectivity index (χ0) is 15.7. The Balaban J connectivity index is 1.82. The predicted molar refractivity (Wildman–Crippen MR) is 77.6 cm³/mol. The molecule has 1 amide bonds. The second-order valence-electron chi connectivity index (χ2n) is 5.73. The van der Waals surface area contributed by atoms with Gasteiger partial charge in [0.15, 0.2) is 0 Å². The fourth-order valence-corrected chi connectivity index (χ4v) is 2.61. The predicted octanol–water partition coefficient (Wildman–Crippen LogP) is 1.20. The van der Waals surface area contributed by atoms with Crippen LogP contribution >= 0.6 is 0 Å². The molecule has 1 atom stereocenters. The van der Waals surface area contributed by atoms with Crippen LogP contribution in [-0.4, -0.2) is 49.7 Å². The van der Waals surface area contributed by atoms with Crippen LogP contribution in [0.25, 0.3) is 5.69 Å². The van der Waals surface area contributed by atoms with Gasteiger partial charge in [-0.3, -0.25) is 9.59 Å². The Kier molecular flexibility index (Phi) is 3.40. The molecule has 1 N–H and O–H groups in total. The molecule has 2 heterocycles. The van der Waals surface area contributed by atoms with Gasteiger partial charge in [0, 0.05) is 18.7 Å². The van der Waals surface area contributed by atoms with Gasteiger partial charge in [-0.05, 0) is 31.5 Å². The van der Waals surface area contributed by atoms with Gasteiger partial charge in [-0.25, -0.2) is 9.67 Å². The van der Waals surface area contributed by atoms with Gasteiger partial charge >= 0.3 is 5.97 Å². The molecule has 3 rings (SSSR count). The highest BCUT2D eigenvalue weighted by atomic mass is 16.4. The summed E-state index contributed by atoms with van der Waals surface area (Å²) in [6.45, 7) is 2.36. The minimum absolute atomic E-state index is 0.160. The van der Waals surface area contributed by atoms with Gasteiger partial charge in [-0.15, -0.1) is 0 Å². The lowest BCUT2D eigenvalue weighted by molar-refractivity contribution is -0.147. The maximum absolute atomic E-state index is 12.6. The van der Waals surface area contributed by atoms with E-state index in [1.807, 2.05) is 6.07 Å². The van der Waals surface area contributed by atoms with Crippen molar-refractivity contribution in [3.8, 4) is 5.69 Å². The first-order valence-corrected chi connectivity index (χ1v) is 6.97. The molecule has 7 heteroatoms. The Morgan fingerprint density at radius 3 is 2.82 bits per heavy atom. The van der Waals surface area contributed by atoms with Crippen LogP contribution in [0.4, 0.5) is 0 Å². The third kappa shape index (κ3) is 2.45. The highest BCUT2D eigenvalue weighted by Gasteiger charge is 2.42. The molecule has 1 saturated heterocycles. The van der Waals surface area contributed by atoms with Crippen LogP contribution < -0.4 is 0 Å². The van der Waals surface area contributed by atoms with Crippen LogP contribution in [0.5, 0.6) is 0 Å². The van der Waals surface area contributed by atoms with Crippen LogP contribution in [-0.2, 0) is 4.79 Å². The van der Waals surface area contributed by atoms with E-state index in [0.29, 0.717) is 18.5 Å². The number of hydrogen-bond donors (Lipinski definition) is 1. The summed E-state index contributed by atoms with van der Waals surface area (Å²) in [7, 11) is 0. The van der Waals surface area contributed by atoms with E-state index in [9.17, 15) is 14.7 Å². The standard InChI is InChI=1S/C15H16N4O3/c1-15(14(21)22)5-6-18(8-15)13(20)11-3-2-4-12(7-11)19-10-16-9-17-19/h2-4,7,9-10H,5-6,8H2,1H3,(H,21,22). The van der Waals surface area contributed by atoms with E-state index in [4.69, 9.17) is 0 Å². The molecule has 2 aromatic rings. The number of benzene rings is 1. The lowest BCUT2D eigenvalue weighted by atomic mass is 9.90. The molecule has 1 fully saturated rings. The SMILES string of the molecule is CC1(C(=O)O)CCN(C(=O)c2cccc(-n3cncn3)c2)C1. The van der Waals surface area contributed by atoms with Crippen LogP contribution in [0.1, 0.15) is 23.7 Å². The molecule has 7 nitrogen and oxygen atoms in total. The number of carboxylic acid groups (broad SMARTS) is 1.